The second-order valence-corrected chi connectivity index (χ2v) is 10.9. The first kappa shape index (κ1) is 25.3. The van der Waals surface area contributed by atoms with Crippen LogP contribution in [0.1, 0.15) is 60.4 Å². The van der Waals surface area contributed by atoms with E-state index < -0.39 is 29.4 Å². The zero-order chi connectivity index (χ0) is 27.0. The lowest BCUT2D eigenvalue weighted by Crippen LogP contribution is -2.54. The Morgan fingerprint density at radius 1 is 0.795 bits per heavy atom. The molecule has 6 rings (SSSR count). The lowest BCUT2D eigenvalue weighted by Gasteiger charge is -2.34. The minimum atomic E-state index is -1.70. The van der Waals surface area contributed by atoms with E-state index in [1.54, 1.807) is 24.3 Å². The van der Waals surface area contributed by atoms with Gasteiger partial charge in [-0.1, -0.05) is 116 Å². The number of carboxylic acid groups (broad SMARTS) is 1. The molecule has 3 aromatic rings. The summed E-state index contributed by atoms with van der Waals surface area (Å²) < 4.78 is 0. The van der Waals surface area contributed by atoms with Gasteiger partial charge in [-0.05, 0) is 35.1 Å². The van der Waals surface area contributed by atoms with Gasteiger partial charge in [-0.2, -0.15) is 0 Å². The second-order valence-electron chi connectivity index (χ2n) is 10.9. The number of imide groups is 1. The summed E-state index contributed by atoms with van der Waals surface area (Å²) in [5.74, 6) is -3.56. The quantitative estimate of drug-likeness (QED) is 0.335. The van der Waals surface area contributed by atoms with Crippen LogP contribution in [0.2, 0.25) is 0 Å². The summed E-state index contributed by atoms with van der Waals surface area (Å²) >= 11 is 0. The number of carbonyl (C=O) groups is 3. The van der Waals surface area contributed by atoms with Crippen molar-refractivity contribution in [3.63, 3.8) is 0 Å². The molecule has 4 unspecified atom stereocenters. The van der Waals surface area contributed by atoms with Crippen LogP contribution < -0.4 is 5.32 Å². The van der Waals surface area contributed by atoms with Crippen LogP contribution in [-0.2, 0) is 19.9 Å². The van der Waals surface area contributed by atoms with E-state index >= 15 is 0 Å². The van der Waals surface area contributed by atoms with Crippen LogP contribution in [0, 0.1) is 11.8 Å². The molecule has 2 aliphatic heterocycles. The number of aliphatic carboxylic acids is 1. The highest BCUT2D eigenvalue weighted by molar-refractivity contribution is 6.10. The van der Waals surface area contributed by atoms with Gasteiger partial charge in [0.05, 0.1) is 11.8 Å². The molecule has 3 aliphatic rings. The number of amides is 2. The smallest absolute Gasteiger partial charge is 0.329 e. The fraction of sp³-hybridized carbons (Fsp3) is 0.303. The van der Waals surface area contributed by atoms with Crippen molar-refractivity contribution >= 4 is 29.9 Å². The molecule has 3 fully saturated rings. The molecule has 0 spiro atoms. The molecular formula is C33H32N2O4. The van der Waals surface area contributed by atoms with Gasteiger partial charge < -0.3 is 5.11 Å². The van der Waals surface area contributed by atoms with E-state index in [4.69, 9.17) is 0 Å². The molecule has 3 aromatic carbocycles. The van der Waals surface area contributed by atoms with Crippen molar-refractivity contribution in [3.8, 4) is 0 Å². The summed E-state index contributed by atoms with van der Waals surface area (Å²) in [4.78, 5) is 42.6. The lowest BCUT2D eigenvalue weighted by molar-refractivity contribution is -0.153. The average Bonchev–Trinajstić information content (AvgIpc) is 3.48. The fourth-order valence-corrected chi connectivity index (χ4v) is 6.77. The van der Waals surface area contributed by atoms with E-state index in [-0.39, 0.29) is 17.9 Å². The predicted molar refractivity (Wildman–Crippen MR) is 149 cm³/mol. The van der Waals surface area contributed by atoms with Crippen molar-refractivity contribution in [1.82, 2.24) is 10.2 Å². The molecule has 1 saturated carbocycles. The van der Waals surface area contributed by atoms with Gasteiger partial charge in [-0.3, -0.25) is 19.8 Å². The van der Waals surface area contributed by atoms with Crippen molar-refractivity contribution in [2.45, 2.75) is 49.7 Å². The fourth-order valence-electron chi connectivity index (χ4n) is 6.77. The third-order valence-corrected chi connectivity index (χ3v) is 8.66. The van der Waals surface area contributed by atoms with Gasteiger partial charge in [0.2, 0.25) is 11.8 Å². The Labute approximate surface area is 228 Å². The molecule has 4 atom stereocenters. The molecule has 0 bridgehead atoms. The second kappa shape index (κ2) is 10.3. The van der Waals surface area contributed by atoms with Crippen LogP contribution in [0.15, 0.2) is 84.9 Å². The van der Waals surface area contributed by atoms with E-state index in [1.165, 1.54) is 4.90 Å². The highest BCUT2D eigenvalue weighted by Gasteiger charge is 2.69. The van der Waals surface area contributed by atoms with Gasteiger partial charge in [0.25, 0.3) is 0 Å². The Morgan fingerprint density at radius 3 is 2.00 bits per heavy atom. The zero-order valence-electron chi connectivity index (χ0n) is 21.7. The zero-order valence-corrected chi connectivity index (χ0v) is 21.7. The van der Waals surface area contributed by atoms with Crippen molar-refractivity contribution in [2.75, 3.05) is 0 Å². The number of nitrogens with zero attached hydrogens (tertiary/aromatic N) is 1. The molecule has 6 heteroatoms. The predicted octanol–water partition coefficient (Wildman–Crippen LogP) is 5.42. The summed E-state index contributed by atoms with van der Waals surface area (Å²) in [6.07, 6.45) is 8.65. The minimum absolute atomic E-state index is 0.155. The van der Waals surface area contributed by atoms with Crippen LogP contribution in [0.3, 0.4) is 0 Å². The Bertz CT molecular complexity index is 1400. The summed E-state index contributed by atoms with van der Waals surface area (Å²) in [7, 11) is 0. The number of carbonyl (C=O) groups excluding carboxylic acids is 2. The van der Waals surface area contributed by atoms with Gasteiger partial charge >= 0.3 is 5.97 Å². The number of rotatable bonds is 6. The van der Waals surface area contributed by atoms with Crippen LogP contribution in [-0.4, -0.2) is 33.8 Å². The summed E-state index contributed by atoms with van der Waals surface area (Å²) in [5.41, 5.74) is 1.67. The number of likely N-dealkylation sites (tertiary alicyclic amines) is 1. The maximum absolute atomic E-state index is 14.0. The summed E-state index contributed by atoms with van der Waals surface area (Å²) in [6.45, 7) is 0. The third-order valence-electron chi connectivity index (χ3n) is 8.66. The lowest BCUT2D eigenvalue weighted by atomic mass is 9.75. The summed E-state index contributed by atoms with van der Waals surface area (Å²) in [6, 6.07) is 25.9. The molecule has 2 N–H and O–H groups in total. The van der Waals surface area contributed by atoms with Crippen molar-refractivity contribution in [3.05, 3.63) is 107 Å². The Kier molecular flexibility index (Phi) is 6.65. The normalized spacial score (nSPS) is 27.3. The number of hydrogen-bond acceptors (Lipinski definition) is 4. The van der Waals surface area contributed by atoms with E-state index in [0.717, 1.165) is 48.8 Å². The minimum Gasteiger partial charge on any atom is -0.480 e. The van der Waals surface area contributed by atoms with Gasteiger partial charge in [-0.15, -0.1) is 0 Å². The largest absolute Gasteiger partial charge is 0.480 e. The number of carboxylic acids is 1. The van der Waals surface area contributed by atoms with E-state index in [2.05, 4.69) is 5.32 Å². The van der Waals surface area contributed by atoms with Crippen molar-refractivity contribution in [1.29, 1.82) is 0 Å². The molecule has 1 aliphatic carbocycles. The van der Waals surface area contributed by atoms with Gasteiger partial charge in [0.1, 0.15) is 0 Å². The van der Waals surface area contributed by atoms with Crippen LogP contribution in [0.25, 0.3) is 12.2 Å². The highest BCUT2D eigenvalue weighted by Crippen LogP contribution is 2.54. The molecule has 0 radical (unpaired) electrons. The third kappa shape index (κ3) is 4.29. The molecule has 2 saturated heterocycles. The first-order valence-corrected chi connectivity index (χ1v) is 13.8. The van der Waals surface area contributed by atoms with Crippen LogP contribution in [0.5, 0.6) is 0 Å². The standard InChI is InChI=1S/C33H32N2O4/c36-30-27-28(31(37)35(30)26-14-8-3-9-15-26)33(32(38)39,25-12-6-2-7-13-25)34-29(27)24-20-18-23(19-21-24)17-16-22-10-4-1-5-11-22/h1-2,4-7,10-13,16-21,26-29,34H,3,8-9,14-15H2,(H,38,39)/b17-16+. The first-order chi connectivity index (χ1) is 19.0. The molecule has 198 valence electrons. The molecule has 0 aromatic heterocycles. The van der Waals surface area contributed by atoms with Crippen molar-refractivity contribution < 1.29 is 19.5 Å². The van der Waals surface area contributed by atoms with Gasteiger partial charge in [0.15, 0.2) is 5.54 Å². The maximum Gasteiger partial charge on any atom is 0.329 e. The Hall–Kier alpha value is -4.03. The van der Waals surface area contributed by atoms with Crippen molar-refractivity contribution in [2.24, 2.45) is 11.8 Å². The molecular weight excluding hydrogens is 488 g/mol. The topological polar surface area (TPSA) is 86.7 Å². The number of hydrogen-bond donors (Lipinski definition) is 2. The monoisotopic (exact) mass is 520 g/mol. The Balaban J connectivity index is 1.39. The average molecular weight is 521 g/mol. The summed E-state index contributed by atoms with van der Waals surface area (Å²) in [5, 5.41) is 14.0. The maximum atomic E-state index is 14.0. The van der Waals surface area contributed by atoms with Gasteiger partial charge in [0, 0.05) is 12.1 Å². The van der Waals surface area contributed by atoms with E-state index in [9.17, 15) is 19.5 Å². The van der Waals surface area contributed by atoms with E-state index in [1.807, 2.05) is 72.8 Å². The first-order valence-electron chi connectivity index (χ1n) is 13.8. The molecule has 39 heavy (non-hydrogen) atoms. The number of nitrogens with one attached hydrogen (secondary N) is 1. The highest BCUT2D eigenvalue weighted by atomic mass is 16.4. The molecule has 2 heterocycles. The molecule has 6 nitrogen and oxygen atoms in total. The SMILES string of the molecule is O=C1C2C(c3ccc(/C=C/c4ccccc4)cc3)NC(C(=O)O)(c3ccccc3)C2C(=O)N1C1CCCCC1. The van der Waals surface area contributed by atoms with Crippen LogP contribution in [0.4, 0.5) is 0 Å². The number of benzene rings is 3. The number of fused-ring (bicyclic) bond motifs is 1. The van der Waals surface area contributed by atoms with Crippen LogP contribution >= 0.6 is 0 Å². The van der Waals surface area contributed by atoms with Gasteiger partial charge in [-0.25, -0.2) is 4.79 Å². The molecule has 2 amide bonds. The van der Waals surface area contributed by atoms with E-state index in [0.29, 0.717) is 5.56 Å². The Morgan fingerprint density at radius 2 is 1.38 bits per heavy atom.